The van der Waals surface area contributed by atoms with Crippen LogP contribution in [0.2, 0.25) is 5.02 Å². The Labute approximate surface area is 168 Å². The minimum Gasteiger partial charge on any atom is -0.308 e. The van der Waals surface area contributed by atoms with E-state index in [2.05, 4.69) is 4.72 Å². The molecule has 0 aliphatic carbocycles. The monoisotopic (exact) mass is 412 g/mol. The van der Waals surface area contributed by atoms with Crippen LogP contribution in [0.3, 0.4) is 0 Å². The van der Waals surface area contributed by atoms with Gasteiger partial charge >= 0.3 is 0 Å². The normalized spacial score (nSPS) is 13.2. The van der Waals surface area contributed by atoms with E-state index in [0.29, 0.717) is 22.8 Å². The molecular formula is C21H17ClN2O3S. The van der Waals surface area contributed by atoms with Gasteiger partial charge in [0.2, 0.25) is 0 Å². The van der Waals surface area contributed by atoms with Crippen molar-refractivity contribution in [1.29, 1.82) is 0 Å². The van der Waals surface area contributed by atoms with E-state index in [0.717, 1.165) is 17.7 Å². The van der Waals surface area contributed by atoms with Crippen LogP contribution in [-0.2, 0) is 16.4 Å². The van der Waals surface area contributed by atoms with Crippen LogP contribution in [-0.4, -0.2) is 20.9 Å². The number of fused-ring (bicyclic) bond motifs is 1. The fourth-order valence-electron chi connectivity index (χ4n) is 3.21. The van der Waals surface area contributed by atoms with Gasteiger partial charge in [0.25, 0.3) is 15.9 Å². The molecule has 1 heterocycles. The van der Waals surface area contributed by atoms with Gasteiger partial charge in [-0.15, -0.1) is 0 Å². The number of nitrogens with zero attached hydrogens (tertiary/aromatic N) is 1. The van der Waals surface area contributed by atoms with Gasteiger partial charge < -0.3 is 4.90 Å². The highest BCUT2D eigenvalue weighted by molar-refractivity contribution is 7.92. The average Bonchev–Trinajstić information content (AvgIpc) is 3.13. The molecular weight excluding hydrogens is 396 g/mol. The van der Waals surface area contributed by atoms with Crippen molar-refractivity contribution >= 4 is 38.9 Å². The molecule has 3 aromatic rings. The SMILES string of the molecule is O=C(c1ccc(S(=O)(=O)Nc2ccc(Cl)cc2)cc1)N1CCc2ccccc21. The molecule has 0 radical (unpaired) electrons. The number of nitrogens with one attached hydrogen (secondary N) is 1. The van der Waals surface area contributed by atoms with Crippen molar-refractivity contribution in [1.82, 2.24) is 0 Å². The molecule has 28 heavy (non-hydrogen) atoms. The van der Waals surface area contributed by atoms with E-state index in [1.165, 1.54) is 12.1 Å². The summed E-state index contributed by atoms with van der Waals surface area (Å²) in [6, 6.07) is 20.1. The number of hydrogen-bond donors (Lipinski definition) is 1. The first-order chi connectivity index (χ1) is 13.4. The van der Waals surface area contributed by atoms with Gasteiger partial charge in [0, 0.05) is 28.5 Å². The second-order valence-corrected chi connectivity index (χ2v) is 8.59. The zero-order valence-electron chi connectivity index (χ0n) is 14.8. The standard InChI is InChI=1S/C21H17ClN2O3S/c22-17-7-9-18(10-8-17)23-28(26,27)19-11-5-16(6-12-19)21(25)24-14-13-15-3-1-2-4-20(15)24/h1-12,23H,13-14H2. The summed E-state index contributed by atoms with van der Waals surface area (Å²) in [4.78, 5) is 14.7. The van der Waals surface area contributed by atoms with Crippen molar-refractivity contribution in [2.75, 3.05) is 16.2 Å². The summed E-state index contributed by atoms with van der Waals surface area (Å²) in [6.07, 6.45) is 0.819. The maximum absolute atomic E-state index is 12.8. The van der Waals surface area contributed by atoms with Gasteiger partial charge in [0.05, 0.1) is 4.90 Å². The Morgan fingerprint density at radius 1 is 0.929 bits per heavy atom. The summed E-state index contributed by atoms with van der Waals surface area (Å²) >= 11 is 5.82. The van der Waals surface area contributed by atoms with Crippen molar-refractivity contribution < 1.29 is 13.2 Å². The number of benzene rings is 3. The first-order valence-electron chi connectivity index (χ1n) is 8.72. The lowest BCUT2D eigenvalue weighted by Gasteiger charge is -2.17. The molecule has 1 aliphatic rings. The first kappa shape index (κ1) is 18.5. The van der Waals surface area contributed by atoms with E-state index < -0.39 is 10.0 Å². The first-order valence-corrected chi connectivity index (χ1v) is 10.6. The topological polar surface area (TPSA) is 66.5 Å². The summed E-state index contributed by atoms with van der Waals surface area (Å²) in [5.74, 6) is -0.139. The quantitative estimate of drug-likeness (QED) is 0.693. The molecule has 3 aromatic carbocycles. The van der Waals surface area contributed by atoms with Gasteiger partial charge in [-0.3, -0.25) is 9.52 Å². The fourth-order valence-corrected chi connectivity index (χ4v) is 4.40. The second-order valence-electron chi connectivity index (χ2n) is 6.47. The molecule has 1 aliphatic heterocycles. The summed E-state index contributed by atoms with van der Waals surface area (Å²) < 4.78 is 27.6. The Morgan fingerprint density at radius 2 is 1.61 bits per heavy atom. The number of sulfonamides is 1. The van der Waals surface area contributed by atoms with E-state index >= 15 is 0 Å². The molecule has 0 unspecified atom stereocenters. The van der Waals surface area contributed by atoms with Gasteiger partial charge in [0.1, 0.15) is 0 Å². The van der Waals surface area contributed by atoms with E-state index in [9.17, 15) is 13.2 Å². The Hall–Kier alpha value is -2.83. The fraction of sp³-hybridized carbons (Fsp3) is 0.0952. The highest BCUT2D eigenvalue weighted by Crippen LogP contribution is 2.29. The number of para-hydroxylation sites is 1. The van der Waals surface area contributed by atoms with Crippen LogP contribution in [0, 0.1) is 0 Å². The number of carbonyl (C=O) groups is 1. The number of amides is 1. The van der Waals surface area contributed by atoms with Gasteiger partial charge in [-0.1, -0.05) is 29.8 Å². The molecule has 0 aromatic heterocycles. The number of hydrogen-bond acceptors (Lipinski definition) is 3. The average molecular weight is 413 g/mol. The molecule has 0 saturated heterocycles. The van der Waals surface area contributed by atoms with Crippen molar-refractivity contribution in [3.8, 4) is 0 Å². The van der Waals surface area contributed by atoms with Crippen LogP contribution in [0.25, 0.3) is 0 Å². The summed E-state index contributed by atoms with van der Waals surface area (Å²) in [7, 11) is -3.75. The van der Waals surface area contributed by atoms with Crippen molar-refractivity contribution in [2.45, 2.75) is 11.3 Å². The van der Waals surface area contributed by atoms with E-state index in [4.69, 9.17) is 11.6 Å². The van der Waals surface area contributed by atoms with Crippen LogP contribution in [0.4, 0.5) is 11.4 Å². The zero-order chi connectivity index (χ0) is 19.7. The predicted molar refractivity (Wildman–Crippen MR) is 111 cm³/mol. The number of carbonyl (C=O) groups excluding carboxylic acids is 1. The van der Waals surface area contributed by atoms with Crippen molar-refractivity contribution in [2.24, 2.45) is 0 Å². The summed E-state index contributed by atoms with van der Waals surface area (Å²) in [6.45, 7) is 0.621. The second kappa shape index (κ2) is 7.30. The predicted octanol–water partition coefficient (Wildman–Crippen LogP) is 4.34. The van der Waals surface area contributed by atoms with Gasteiger partial charge in [-0.25, -0.2) is 8.42 Å². The number of halogens is 1. The molecule has 5 nitrogen and oxygen atoms in total. The smallest absolute Gasteiger partial charge is 0.261 e. The van der Waals surface area contributed by atoms with E-state index in [-0.39, 0.29) is 10.8 Å². The minimum absolute atomic E-state index is 0.0841. The molecule has 7 heteroatoms. The lowest BCUT2D eigenvalue weighted by molar-refractivity contribution is 0.0989. The molecule has 1 N–H and O–H groups in total. The molecule has 0 atom stereocenters. The Bertz CT molecular complexity index is 1130. The molecule has 0 saturated carbocycles. The largest absolute Gasteiger partial charge is 0.308 e. The number of rotatable bonds is 4. The highest BCUT2D eigenvalue weighted by atomic mass is 35.5. The third-order valence-corrected chi connectivity index (χ3v) is 6.29. The molecule has 1 amide bonds. The van der Waals surface area contributed by atoms with Gasteiger partial charge in [0.15, 0.2) is 0 Å². The minimum atomic E-state index is -3.75. The number of anilines is 2. The van der Waals surface area contributed by atoms with Crippen molar-refractivity contribution in [3.63, 3.8) is 0 Å². The lowest BCUT2D eigenvalue weighted by atomic mass is 10.1. The highest BCUT2D eigenvalue weighted by Gasteiger charge is 2.25. The van der Waals surface area contributed by atoms with Crippen LogP contribution < -0.4 is 9.62 Å². The maximum Gasteiger partial charge on any atom is 0.261 e. The van der Waals surface area contributed by atoms with E-state index in [1.54, 1.807) is 41.3 Å². The zero-order valence-corrected chi connectivity index (χ0v) is 16.4. The van der Waals surface area contributed by atoms with Crippen LogP contribution >= 0.6 is 11.6 Å². The lowest BCUT2D eigenvalue weighted by Crippen LogP contribution is -2.28. The summed E-state index contributed by atoms with van der Waals surface area (Å²) in [5.41, 5.74) is 2.91. The maximum atomic E-state index is 12.8. The molecule has 142 valence electrons. The third-order valence-electron chi connectivity index (χ3n) is 4.64. The molecule has 4 rings (SSSR count). The van der Waals surface area contributed by atoms with Gasteiger partial charge in [-0.2, -0.15) is 0 Å². The van der Waals surface area contributed by atoms with Crippen molar-refractivity contribution in [3.05, 3.63) is 88.9 Å². The summed E-state index contributed by atoms with van der Waals surface area (Å²) in [5, 5.41) is 0.522. The third kappa shape index (κ3) is 3.61. The van der Waals surface area contributed by atoms with Crippen LogP contribution in [0.15, 0.2) is 77.7 Å². The van der Waals surface area contributed by atoms with Crippen LogP contribution in [0.5, 0.6) is 0 Å². The molecule has 0 spiro atoms. The Balaban J connectivity index is 1.54. The Kier molecular flexibility index (Phi) is 4.83. The molecule has 0 fully saturated rings. The van der Waals surface area contributed by atoms with Crippen LogP contribution in [0.1, 0.15) is 15.9 Å². The van der Waals surface area contributed by atoms with E-state index in [1.807, 2.05) is 24.3 Å². The van der Waals surface area contributed by atoms with Gasteiger partial charge in [-0.05, 0) is 66.6 Å². The molecule has 0 bridgehead atoms. The Morgan fingerprint density at radius 3 is 2.32 bits per heavy atom.